The molecule has 3 heteroatoms. The third-order valence-electron chi connectivity index (χ3n) is 3.35. The molecule has 0 aliphatic rings. The van der Waals surface area contributed by atoms with Crippen LogP contribution in [0.3, 0.4) is 0 Å². The summed E-state index contributed by atoms with van der Waals surface area (Å²) in [7, 11) is 0. The summed E-state index contributed by atoms with van der Waals surface area (Å²) in [5, 5.41) is 3.35. The maximum atomic E-state index is 4.36. The van der Waals surface area contributed by atoms with Gasteiger partial charge in [-0.1, -0.05) is 19.1 Å². The van der Waals surface area contributed by atoms with E-state index in [1.54, 1.807) is 0 Å². The van der Waals surface area contributed by atoms with E-state index >= 15 is 0 Å². The van der Waals surface area contributed by atoms with Gasteiger partial charge in [0.2, 0.25) is 0 Å². The lowest BCUT2D eigenvalue weighted by atomic mass is 10.1. The van der Waals surface area contributed by atoms with Crippen LogP contribution in [0.25, 0.3) is 5.69 Å². The molecule has 0 aliphatic carbocycles. The van der Waals surface area contributed by atoms with E-state index in [1.165, 1.54) is 22.5 Å². The first-order valence-electron chi connectivity index (χ1n) is 6.44. The SMILES string of the molecule is CCNCc1ccc(-n2cnc(C)c2C)c(C)c1. The molecule has 18 heavy (non-hydrogen) atoms. The monoisotopic (exact) mass is 243 g/mol. The molecule has 0 bridgehead atoms. The Morgan fingerprint density at radius 1 is 1.22 bits per heavy atom. The van der Waals surface area contributed by atoms with Crippen LogP contribution in [0.5, 0.6) is 0 Å². The van der Waals surface area contributed by atoms with Crippen molar-refractivity contribution in [1.82, 2.24) is 14.9 Å². The van der Waals surface area contributed by atoms with Crippen molar-refractivity contribution in [1.29, 1.82) is 0 Å². The molecular weight excluding hydrogens is 222 g/mol. The van der Waals surface area contributed by atoms with Gasteiger partial charge >= 0.3 is 0 Å². The van der Waals surface area contributed by atoms with E-state index in [0.29, 0.717) is 0 Å². The van der Waals surface area contributed by atoms with Crippen LogP contribution in [-0.2, 0) is 6.54 Å². The summed E-state index contributed by atoms with van der Waals surface area (Å²) < 4.78 is 2.15. The van der Waals surface area contributed by atoms with Crippen molar-refractivity contribution in [2.45, 2.75) is 34.2 Å². The summed E-state index contributed by atoms with van der Waals surface area (Å²) in [6.07, 6.45) is 1.90. The largest absolute Gasteiger partial charge is 0.313 e. The van der Waals surface area contributed by atoms with Gasteiger partial charge in [0.25, 0.3) is 0 Å². The molecule has 0 saturated heterocycles. The van der Waals surface area contributed by atoms with E-state index in [2.05, 4.69) is 53.8 Å². The number of nitrogens with zero attached hydrogens (tertiary/aromatic N) is 2. The average Bonchev–Trinajstić information content (AvgIpc) is 2.68. The summed E-state index contributed by atoms with van der Waals surface area (Å²) in [5.41, 5.74) is 6.12. The van der Waals surface area contributed by atoms with Crippen molar-refractivity contribution in [3.8, 4) is 5.69 Å². The van der Waals surface area contributed by atoms with Gasteiger partial charge in [0.05, 0.1) is 12.0 Å². The molecule has 0 radical (unpaired) electrons. The van der Waals surface area contributed by atoms with Crippen molar-refractivity contribution >= 4 is 0 Å². The van der Waals surface area contributed by atoms with E-state index in [9.17, 15) is 0 Å². The minimum absolute atomic E-state index is 0.930. The first kappa shape index (κ1) is 12.8. The molecule has 2 aromatic rings. The van der Waals surface area contributed by atoms with Crippen LogP contribution in [0, 0.1) is 20.8 Å². The predicted molar refractivity (Wildman–Crippen MR) is 75.2 cm³/mol. The van der Waals surface area contributed by atoms with Gasteiger partial charge < -0.3 is 9.88 Å². The third kappa shape index (κ3) is 2.46. The van der Waals surface area contributed by atoms with Crippen LogP contribution in [0.4, 0.5) is 0 Å². The van der Waals surface area contributed by atoms with E-state index in [-0.39, 0.29) is 0 Å². The van der Waals surface area contributed by atoms with Crippen molar-refractivity contribution in [3.05, 3.63) is 47.0 Å². The molecule has 96 valence electrons. The minimum atomic E-state index is 0.930. The van der Waals surface area contributed by atoms with Crippen LogP contribution in [-0.4, -0.2) is 16.1 Å². The zero-order valence-electron chi connectivity index (χ0n) is 11.6. The fraction of sp³-hybridized carbons (Fsp3) is 0.400. The molecule has 3 nitrogen and oxygen atoms in total. The van der Waals surface area contributed by atoms with E-state index in [0.717, 1.165) is 18.8 Å². The molecule has 0 amide bonds. The number of aryl methyl sites for hydroxylation is 2. The van der Waals surface area contributed by atoms with Crippen molar-refractivity contribution in [2.24, 2.45) is 0 Å². The number of aromatic nitrogens is 2. The highest BCUT2D eigenvalue weighted by Gasteiger charge is 2.07. The predicted octanol–water partition coefficient (Wildman–Crippen LogP) is 2.91. The highest BCUT2D eigenvalue weighted by Crippen LogP contribution is 2.19. The van der Waals surface area contributed by atoms with Crippen LogP contribution in [0.1, 0.15) is 29.4 Å². The summed E-state index contributed by atoms with van der Waals surface area (Å²) in [5.74, 6) is 0. The molecule has 2 rings (SSSR count). The Morgan fingerprint density at radius 3 is 2.56 bits per heavy atom. The molecule has 0 saturated carbocycles. The molecular formula is C15H21N3. The van der Waals surface area contributed by atoms with Gasteiger partial charge in [0, 0.05) is 17.9 Å². The summed E-state index contributed by atoms with van der Waals surface area (Å²) in [6.45, 7) is 10.4. The standard InChI is InChI=1S/C15H21N3/c1-5-16-9-14-6-7-15(11(2)8-14)18-10-17-12(3)13(18)4/h6-8,10,16H,5,9H2,1-4H3. The quantitative estimate of drug-likeness (QED) is 0.895. The zero-order valence-corrected chi connectivity index (χ0v) is 11.6. The van der Waals surface area contributed by atoms with Gasteiger partial charge in [-0.25, -0.2) is 4.98 Å². The number of imidazole rings is 1. The van der Waals surface area contributed by atoms with Crippen LogP contribution in [0.2, 0.25) is 0 Å². The maximum absolute atomic E-state index is 4.36. The lowest BCUT2D eigenvalue weighted by Crippen LogP contribution is -2.12. The van der Waals surface area contributed by atoms with Crippen molar-refractivity contribution < 1.29 is 0 Å². The number of benzene rings is 1. The Kier molecular flexibility index (Phi) is 3.82. The molecule has 0 spiro atoms. The summed E-state index contributed by atoms with van der Waals surface area (Å²) in [6, 6.07) is 6.60. The normalized spacial score (nSPS) is 10.9. The fourth-order valence-corrected chi connectivity index (χ4v) is 2.11. The number of rotatable bonds is 4. The number of hydrogen-bond acceptors (Lipinski definition) is 2. The first-order chi connectivity index (χ1) is 8.63. The summed E-state index contributed by atoms with van der Waals surface area (Å²) in [4.78, 5) is 4.36. The molecule has 0 fully saturated rings. The zero-order chi connectivity index (χ0) is 13.1. The Balaban J connectivity index is 2.32. The van der Waals surface area contributed by atoms with Crippen molar-refractivity contribution in [3.63, 3.8) is 0 Å². The molecule has 0 atom stereocenters. The van der Waals surface area contributed by atoms with Crippen LogP contribution >= 0.6 is 0 Å². The minimum Gasteiger partial charge on any atom is -0.313 e. The first-order valence-corrected chi connectivity index (χ1v) is 6.44. The smallest absolute Gasteiger partial charge is 0.0997 e. The molecule has 1 aromatic carbocycles. The number of nitrogens with one attached hydrogen (secondary N) is 1. The molecule has 0 unspecified atom stereocenters. The van der Waals surface area contributed by atoms with Gasteiger partial charge in [-0.3, -0.25) is 0 Å². The van der Waals surface area contributed by atoms with Gasteiger partial charge in [-0.05, 0) is 44.5 Å². The molecule has 1 heterocycles. The van der Waals surface area contributed by atoms with Crippen molar-refractivity contribution in [2.75, 3.05) is 6.54 Å². The van der Waals surface area contributed by atoms with Crippen LogP contribution in [0.15, 0.2) is 24.5 Å². The Labute approximate surface area is 109 Å². The highest BCUT2D eigenvalue weighted by molar-refractivity contribution is 5.44. The lowest BCUT2D eigenvalue weighted by molar-refractivity contribution is 0.726. The highest BCUT2D eigenvalue weighted by atomic mass is 15.1. The topological polar surface area (TPSA) is 29.9 Å². The lowest BCUT2D eigenvalue weighted by Gasteiger charge is -2.11. The van der Waals surface area contributed by atoms with Gasteiger partial charge in [0.15, 0.2) is 0 Å². The van der Waals surface area contributed by atoms with Gasteiger partial charge in [-0.15, -0.1) is 0 Å². The van der Waals surface area contributed by atoms with Gasteiger partial charge in [-0.2, -0.15) is 0 Å². The second kappa shape index (κ2) is 5.36. The second-order valence-electron chi connectivity index (χ2n) is 4.69. The van der Waals surface area contributed by atoms with E-state index in [1.807, 2.05) is 13.3 Å². The summed E-state index contributed by atoms with van der Waals surface area (Å²) >= 11 is 0. The third-order valence-corrected chi connectivity index (χ3v) is 3.35. The number of hydrogen-bond donors (Lipinski definition) is 1. The van der Waals surface area contributed by atoms with E-state index in [4.69, 9.17) is 0 Å². The Bertz CT molecular complexity index is 541. The fourth-order valence-electron chi connectivity index (χ4n) is 2.11. The van der Waals surface area contributed by atoms with Crippen LogP contribution < -0.4 is 5.32 Å². The second-order valence-corrected chi connectivity index (χ2v) is 4.69. The van der Waals surface area contributed by atoms with E-state index < -0.39 is 0 Å². The van der Waals surface area contributed by atoms with Gasteiger partial charge in [0.1, 0.15) is 0 Å². The Morgan fingerprint density at radius 2 is 2.00 bits per heavy atom. The molecule has 0 aliphatic heterocycles. The average molecular weight is 243 g/mol. The molecule has 1 N–H and O–H groups in total. The maximum Gasteiger partial charge on any atom is 0.0997 e. The molecule has 1 aromatic heterocycles. The Hall–Kier alpha value is -1.61.